The van der Waals surface area contributed by atoms with Gasteiger partial charge >= 0.3 is 0 Å². The van der Waals surface area contributed by atoms with E-state index in [1.54, 1.807) is 24.3 Å². The van der Waals surface area contributed by atoms with Crippen LogP contribution in [0.25, 0.3) is 0 Å². The number of hydrogen-bond acceptors (Lipinski definition) is 2. The molecule has 0 N–H and O–H groups in total. The van der Waals surface area contributed by atoms with Crippen molar-refractivity contribution >= 4 is 27.3 Å². The molecule has 0 saturated carbocycles. The zero-order valence-electron chi connectivity index (χ0n) is 9.64. The van der Waals surface area contributed by atoms with Gasteiger partial charge in [0.15, 0.2) is 0 Å². The number of rotatable bonds is 4. The Bertz CT molecular complexity index is 457. The fraction of sp³-hybridized carbons (Fsp3) is 0.455. The molecule has 0 aliphatic carbocycles. The van der Waals surface area contributed by atoms with Gasteiger partial charge in [0.05, 0.1) is 11.9 Å². The summed E-state index contributed by atoms with van der Waals surface area (Å²) in [4.78, 5) is 0. The zero-order valence-corrected chi connectivity index (χ0v) is 11.2. The predicted octanol–water partition coefficient (Wildman–Crippen LogP) is 2.76. The predicted molar refractivity (Wildman–Crippen MR) is 68.5 cm³/mol. The van der Waals surface area contributed by atoms with E-state index in [0.717, 1.165) is 0 Å². The molecule has 0 aliphatic rings. The minimum absolute atomic E-state index is 0.258. The lowest BCUT2D eigenvalue weighted by atomic mass is 10.2. The Morgan fingerprint density at radius 3 is 2.44 bits per heavy atom. The lowest BCUT2D eigenvalue weighted by Gasteiger charge is -2.24. The minimum Gasteiger partial charge on any atom is -0.270 e. The summed E-state index contributed by atoms with van der Waals surface area (Å²) in [6.45, 7) is 4.41. The molecule has 90 valence electrons. The van der Waals surface area contributed by atoms with E-state index in [9.17, 15) is 8.42 Å². The number of halogens is 1. The van der Waals surface area contributed by atoms with E-state index >= 15 is 0 Å². The zero-order chi connectivity index (χ0) is 12.3. The summed E-state index contributed by atoms with van der Waals surface area (Å²) in [6.07, 6.45) is 1.20. The van der Waals surface area contributed by atoms with Gasteiger partial charge in [0.25, 0.3) is 0 Å². The summed E-state index contributed by atoms with van der Waals surface area (Å²) in [7, 11) is -3.26. The van der Waals surface area contributed by atoms with E-state index in [2.05, 4.69) is 0 Å². The Morgan fingerprint density at radius 1 is 1.38 bits per heavy atom. The third-order valence-corrected chi connectivity index (χ3v) is 3.42. The highest BCUT2D eigenvalue weighted by Gasteiger charge is 2.18. The molecule has 1 aromatic rings. The Labute approximate surface area is 102 Å². The van der Waals surface area contributed by atoms with Gasteiger partial charge in [-0.15, -0.1) is 0 Å². The van der Waals surface area contributed by atoms with Gasteiger partial charge in [-0.1, -0.05) is 31.5 Å². The number of anilines is 1. The van der Waals surface area contributed by atoms with E-state index in [1.807, 2.05) is 13.8 Å². The minimum atomic E-state index is -3.26. The number of benzene rings is 1. The van der Waals surface area contributed by atoms with Crippen LogP contribution in [0.3, 0.4) is 0 Å². The summed E-state index contributed by atoms with van der Waals surface area (Å²) < 4.78 is 24.7. The van der Waals surface area contributed by atoms with Crippen LogP contribution in [0, 0.1) is 5.92 Å². The number of nitrogens with zero attached hydrogens (tertiary/aromatic N) is 1. The molecule has 0 atom stereocenters. The van der Waals surface area contributed by atoms with E-state index in [1.165, 1.54) is 10.6 Å². The monoisotopic (exact) mass is 261 g/mol. The SMILES string of the molecule is CC(C)CN(c1cccc(Cl)c1)S(C)(=O)=O. The quantitative estimate of drug-likeness (QED) is 0.836. The first-order chi connectivity index (χ1) is 7.30. The molecule has 5 heteroatoms. The Morgan fingerprint density at radius 2 is 2.00 bits per heavy atom. The van der Waals surface area contributed by atoms with Crippen molar-refractivity contribution in [1.82, 2.24) is 0 Å². The van der Waals surface area contributed by atoms with Gasteiger partial charge in [-0.3, -0.25) is 4.31 Å². The van der Waals surface area contributed by atoms with Gasteiger partial charge in [-0.2, -0.15) is 0 Å². The molecule has 0 spiro atoms. The van der Waals surface area contributed by atoms with E-state index in [4.69, 9.17) is 11.6 Å². The van der Waals surface area contributed by atoms with Crippen LogP contribution in [-0.2, 0) is 10.0 Å². The lowest BCUT2D eigenvalue weighted by molar-refractivity contribution is 0.583. The summed E-state index contributed by atoms with van der Waals surface area (Å²) in [5.74, 6) is 0.258. The molecule has 1 aromatic carbocycles. The van der Waals surface area contributed by atoms with Crippen molar-refractivity contribution in [2.24, 2.45) is 5.92 Å². The first-order valence-corrected chi connectivity index (χ1v) is 7.26. The van der Waals surface area contributed by atoms with Crippen LogP contribution in [-0.4, -0.2) is 21.2 Å². The Balaban J connectivity index is 3.12. The molecule has 0 amide bonds. The fourth-order valence-corrected chi connectivity index (χ4v) is 2.65. The van der Waals surface area contributed by atoms with Gasteiger partial charge < -0.3 is 0 Å². The second kappa shape index (κ2) is 5.06. The molecule has 0 aromatic heterocycles. The Hall–Kier alpha value is -0.740. The largest absolute Gasteiger partial charge is 0.270 e. The van der Waals surface area contributed by atoms with Crippen LogP contribution in [0.1, 0.15) is 13.8 Å². The molecule has 0 heterocycles. The molecule has 0 fully saturated rings. The van der Waals surface area contributed by atoms with Gasteiger partial charge in [0, 0.05) is 11.6 Å². The van der Waals surface area contributed by atoms with Crippen LogP contribution in [0.2, 0.25) is 5.02 Å². The molecule has 0 saturated heterocycles. The average Bonchev–Trinajstić information content (AvgIpc) is 2.12. The fourth-order valence-electron chi connectivity index (χ4n) is 1.40. The molecular formula is C11H16ClNO2S. The van der Waals surface area contributed by atoms with Crippen molar-refractivity contribution in [2.75, 3.05) is 17.1 Å². The van der Waals surface area contributed by atoms with Crippen molar-refractivity contribution in [3.8, 4) is 0 Å². The highest BCUT2D eigenvalue weighted by Crippen LogP contribution is 2.22. The van der Waals surface area contributed by atoms with Crippen molar-refractivity contribution in [2.45, 2.75) is 13.8 Å². The van der Waals surface area contributed by atoms with Crippen LogP contribution in [0.15, 0.2) is 24.3 Å². The summed E-state index contributed by atoms with van der Waals surface area (Å²) in [5, 5.41) is 0.537. The maximum Gasteiger partial charge on any atom is 0.232 e. The van der Waals surface area contributed by atoms with Gasteiger partial charge in [0.2, 0.25) is 10.0 Å². The van der Waals surface area contributed by atoms with E-state index < -0.39 is 10.0 Å². The van der Waals surface area contributed by atoms with E-state index in [0.29, 0.717) is 17.3 Å². The molecule has 1 rings (SSSR count). The van der Waals surface area contributed by atoms with Crippen LogP contribution in [0.5, 0.6) is 0 Å². The van der Waals surface area contributed by atoms with Crippen LogP contribution in [0.4, 0.5) is 5.69 Å². The summed E-state index contributed by atoms with van der Waals surface area (Å²) in [6, 6.07) is 6.87. The molecular weight excluding hydrogens is 246 g/mol. The van der Waals surface area contributed by atoms with Crippen LogP contribution < -0.4 is 4.31 Å². The topological polar surface area (TPSA) is 37.4 Å². The number of hydrogen-bond donors (Lipinski definition) is 0. The highest BCUT2D eigenvalue weighted by atomic mass is 35.5. The number of sulfonamides is 1. The smallest absolute Gasteiger partial charge is 0.232 e. The molecule has 0 unspecified atom stereocenters. The third-order valence-electron chi connectivity index (χ3n) is 2.03. The average molecular weight is 262 g/mol. The van der Waals surface area contributed by atoms with Crippen molar-refractivity contribution < 1.29 is 8.42 Å². The maximum atomic E-state index is 11.7. The second-order valence-corrected chi connectivity index (χ2v) is 6.51. The summed E-state index contributed by atoms with van der Waals surface area (Å²) in [5.41, 5.74) is 0.615. The van der Waals surface area contributed by atoms with Crippen molar-refractivity contribution in [1.29, 1.82) is 0 Å². The normalized spacial score (nSPS) is 11.8. The molecule has 0 radical (unpaired) electrons. The maximum absolute atomic E-state index is 11.7. The molecule has 16 heavy (non-hydrogen) atoms. The lowest BCUT2D eigenvalue weighted by Crippen LogP contribution is -2.33. The molecule has 0 bridgehead atoms. The summed E-state index contributed by atoms with van der Waals surface area (Å²) >= 11 is 5.85. The molecule has 3 nitrogen and oxygen atoms in total. The highest BCUT2D eigenvalue weighted by molar-refractivity contribution is 7.92. The molecule has 0 aliphatic heterocycles. The van der Waals surface area contributed by atoms with Crippen molar-refractivity contribution in [3.63, 3.8) is 0 Å². The van der Waals surface area contributed by atoms with Gasteiger partial charge in [0.1, 0.15) is 0 Å². The van der Waals surface area contributed by atoms with E-state index in [-0.39, 0.29) is 5.92 Å². The van der Waals surface area contributed by atoms with Gasteiger partial charge in [-0.05, 0) is 24.1 Å². The standard InChI is InChI=1S/C11H16ClNO2S/c1-9(2)8-13(16(3,14)15)11-6-4-5-10(12)7-11/h4-7,9H,8H2,1-3H3. The third kappa shape index (κ3) is 3.68. The second-order valence-electron chi connectivity index (χ2n) is 4.17. The van der Waals surface area contributed by atoms with Gasteiger partial charge in [-0.25, -0.2) is 8.42 Å². The first-order valence-electron chi connectivity index (χ1n) is 5.04. The van der Waals surface area contributed by atoms with Crippen molar-refractivity contribution in [3.05, 3.63) is 29.3 Å². The first kappa shape index (κ1) is 13.3. The Kier molecular flexibility index (Phi) is 4.21. The van der Waals surface area contributed by atoms with Crippen LogP contribution >= 0.6 is 11.6 Å².